The average Bonchev–Trinajstić information content (AvgIpc) is 2.49. The summed E-state index contributed by atoms with van der Waals surface area (Å²) in [5.41, 5.74) is 3.42. The van der Waals surface area contributed by atoms with E-state index >= 15 is 0 Å². The summed E-state index contributed by atoms with van der Waals surface area (Å²) in [7, 11) is 1.59. The third kappa shape index (κ3) is 4.60. The zero-order valence-electron chi connectivity index (χ0n) is 13.1. The van der Waals surface area contributed by atoms with Crippen LogP contribution >= 0.6 is 27.5 Å². The maximum atomic E-state index is 12.2. The van der Waals surface area contributed by atoms with Crippen LogP contribution < -0.4 is 10.1 Å². The zero-order chi connectivity index (χ0) is 17.0. The van der Waals surface area contributed by atoms with E-state index in [4.69, 9.17) is 16.3 Å². The molecule has 2 rings (SSSR count). The van der Waals surface area contributed by atoms with Crippen LogP contribution in [0.25, 0.3) is 6.08 Å². The largest absolute Gasteiger partial charge is 0.496 e. The molecule has 0 atom stereocenters. The predicted octanol–water partition coefficient (Wildman–Crippen LogP) is 5.38. The summed E-state index contributed by atoms with van der Waals surface area (Å²) in [6.07, 6.45) is 3.16. The first-order valence-corrected chi connectivity index (χ1v) is 8.17. The minimum absolute atomic E-state index is 0.249. The van der Waals surface area contributed by atoms with Crippen LogP contribution in [-0.4, -0.2) is 13.0 Å². The number of amides is 1. The van der Waals surface area contributed by atoms with Gasteiger partial charge in [-0.3, -0.25) is 4.79 Å². The molecule has 2 aromatic carbocycles. The smallest absolute Gasteiger partial charge is 0.248 e. The fourth-order valence-electron chi connectivity index (χ4n) is 2.24. The van der Waals surface area contributed by atoms with E-state index in [1.54, 1.807) is 13.2 Å². The summed E-state index contributed by atoms with van der Waals surface area (Å²) in [6, 6.07) is 9.40. The molecule has 0 unspecified atom stereocenters. The SMILES string of the molecule is COc1ccc(Br)cc1/C=C/C(=O)Nc1c(C)cc(C)cc1Cl. The number of benzene rings is 2. The van der Waals surface area contributed by atoms with E-state index in [2.05, 4.69) is 21.2 Å². The van der Waals surface area contributed by atoms with Crippen LogP contribution in [0, 0.1) is 13.8 Å². The molecule has 3 nitrogen and oxygen atoms in total. The van der Waals surface area contributed by atoms with Crippen molar-refractivity contribution in [2.75, 3.05) is 12.4 Å². The van der Waals surface area contributed by atoms with Crippen molar-refractivity contribution in [3.63, 3.8) is 0 Å². The molecule has 0 aliphatic heterocycles. The van der Waals surface area contributed by atoms with Gasteiger partial charge in [-0.1, -0.05) is 33.6 Å². The van der Waals surface area contributed by atoms with E-state index < -0.39 is 0 Å². The molecule has 23 heavy (non-hydrogen) atoms. The second-order valence-corrected chi connectivity index (χ2v) is 6.47. The molecule has 0 aliphatic rings. The summed E-state index contributed by atoms with van der Waals surface area (Å²) < 4.78 is 6.19. The third-order valence-electron chi connectivity index (χ3n) is 3.29. The molecule has 0 saturated carbocycles. The number of methoxy groups -OCH3 is 1. The lowest BCUT2D eigenvalue weighted by molar-refractivity contribution is -0.111. The van der Waals surface area contributed by atoms with E-state index in [9.17, 15) is 4.79 Å². The van der Waals surface area contributed by atoms with Gasteiger partial charge >= 0.3 is 0 Å². The van der Waals surface area contributed by atoms with Gasteiger partial charge < -0.3 is 10.1 Å². The molecule has 1 amide bonds. The van der Waals surface area contributed by atoms with E-state index in [0.717, 1.165) is 21.2 Å². The van der Waals surface area contributed by atoms with Crippen molar-refractivity contribution in [3.05, 3.63) is 62.6 Å². The number of halogens is 2. The first kappa shape index (κ1) is 17.6. The number of carbonyl (C=O) groups is 1. The molecule has 0 bridgehead atoms. The minimum atomic E-state index is -0.249. The second kappa shape index (κ2) is 7.66. The quantitative estimate of drug-likeness (QED) is 0.707. The number of carbonyl (C=O) groups excluding carboxylic acids is 1. The summed E-state index contributed by atoms with van der Waals surface area (Å²) in [5.74, 6) is 0.447. The van der Waals surface area contributed by atoms with Gasteiger partial charge in [-0.05, 0) is 55.3 Å². The van der Waals surface area contributed by atoms with Gasteiger partial charge in [0.25, 0.3) is 0 Å². The number of aryl methyl sites for hydroxylation is 2. The van der Waals surface area contributed by atoms with Crippen LogP contribution in [0.4, 0.5) is 5.69 Å². The monoisotopic (exact) mass is 393 g/mol. The minimum Gasteiger partial charge on any atom is -0.496 e. The zero-order valence-corrected chi connectivity index (χ0v) is 15.5. The Bertz CT molecular complexity index is 749. The van der Waals surface area contributed by atoms with Crippen molar-refractivity contribution >= 4 is 45.2 Å². The summed E-state index contributed by atoms with van der Waals surface area (Å²) in [6.45, 7) is 3.87. The highest BCUT2D eigenvalue weighted by atomic mass is 79.9. The van der Waals surface area contributed by atoms with Crippen LogP contribution in [0.1, 0.15) is 16.7 Å². The average molecular weight is 395 g/mol. The normalized spacial score (nSPS) is 10.8. The number of ether oxygens (including phenoxy) is 1. The van der Waals surface area contributed by atoms with Gasteiger partial charge in [0.15, 0.2) is 0 Å². The fourth-order valence-corrected chi connectivity index (χ4v) is 2.99. The van der Waals surface area contributed by atoms with Crippen molar-refractivity contribution in [2.24, 2.45) is 0 Å². The van der Waals surface area contributed by atoms with Crippen molar-refractivity contribution in [1.82, 2.24) is 0 Å². The Balaban J connectivity index is 2.19. The Morgan fingerprint density at radius 3 is 2.65 bits per heavy atom. The third-order valence-corrected chi connectivity index (χ3v) is 4.08. The van der Waals surface area contributed by atoms with Gasteiger partial charge in [-0.25, -0.2) is 0 Å². The molecule has 2 aromatic rings. The van der Waals surface area contributed by atoms with Crippen LogP contribution in [0.2, 0.25) is 5.02 Å². The molecular formula is C18H17BrClNO2. The van der Waals surface area contributed by atoms with E-state index in [0.29, 0.717) is 16.5 Å². The molecule has 0 aliphatic carbocycles. The highest BCUT2D eigenvalue weighted by Crippen LogP contribution is 2.28. The molecule has 1 N–H and O–H groups in total. The molecular weight excluding hydrogens is 378 g/mol. The second-order valence-electron chi connectivity index (χ2n) is 5.15. The Labute approximate surface area is 149 Å². The highest BCUT2D eigenvalue weighted by Gasteiger charge is 2.08. The molecule has 5 heteroatoms. The maximum absolute atomic E-state index is 12.2. The number of hydrogen-bond acceptors (Lipinski definition) is 2. The van der Waals surface area contributed by atoms with Crippen molar-refractivity contribution in [1.29, 1.82) is 0 Å². The Kier molecular flexibility index (Phi) is 5.85. The van der Waals surface area contributed by atoms with Crippen molar-refractivity contribution in [2.45, 2.75) is 13.8 Å². The van der Waals surface area contributed by atoms with Crippen LogP contribution in [0.5, 0.6) is 5.75 Å². The van der Waals surface area contributed by atoms with E-state index in [1.165, 1.54) is 6.08 Å². The summed E-state index contributed by atoms with van der Waals surface area (Å²) in [5, 5.41) is 3.35. The number of rotatable bonds is 4. The first-order valence-electron chi connectivity index (χ1n) is 7.00. The lowest BCUT2D eigenvalue weighted by Gasteiger charge is -2.10. The molecule has 0 saturated heterocycles. The number of anilines is 1. The lowest BCUT2D eigenvalue weighted by atomic mass is 10.1. The molecule has 0 fully saturated rings. The standard InChI is InChI=1S/C18H17BrClNO2/c1-11-8-12(2)18(15(20)9-11)21-17(22)7-4-13-10-14(19)5-6-16(13)23-3/h4-10H,1-3H3,(H,21,22)/b7-4+. The Morgan fingerprint density at radius 2 is 2.00 bits per heavy atom. The lowest BCUT2D eigenvalue weighted by Crippen LogP contribution is -2.09. The summed E-state index contributed by atoms with van der Waals surface area (Å²) >= 11 is 9.60. The van der Waals surface area contributed by atoms with Gasteiger partial charge in [0.1, 0.15) is 5.75 Å². The van der Waals surface area contributed by atoms with E-state index in [-0.39, 0.29) is 5.91 Å². The molecule has 0 spiro atoms. The molecule has 120 valence electrons. The fraction of sp³-hybridized carbons (Fsp3) is 0.167. The topological polar surface area (TPSA) is 38.3 Å². The van der Waals surface area contributed by atoms with E-state index in [1.807, 2.05) is 44.2 Å². The van der Waals surface area contributed by atoms with Crippen LogP contribution in [0.15, 0.2) is 40.9 Å². The number of nitrogens with one attached hydrogen (secondary N) is 1. The summed E-state index contributed by atoms with van der Waals surface area (Å²) in [4.78, 5) is 12.2. The van der Waals surface area contributed by atoms with Gasteiger partial charge in [0.2, 0.25) is 5.91 Å². The first-order chi connectivity index (χ1) is 10.9. The van der Waals surface area contributed by atoms with Crippen molar-refractivity contribution < 1.29 is 9.53 Å². The highest BCUT2D eigenvalue weighted by molar-refractivity contribution is 9.10. The van der Waals surface area contributed by atoms with Gasteiger partial charge in [-0.15, -0.1) is 0 Å². The molecule has 0 radical (unpaired) electrons. The van der Waals surface area contributed by atoms with Gasteiger partial charge in [-0.2, -0.15) is 0 Å². The van der Waals surface area contributed by atoms with Crippen LogP contribution in [0.3, 0.4) is 0 Å². The molecule has 0 aromatic heterocycles. The Hall–Kier alpha value is -1.78. The maximum Gasteiger partial charge on any atom is 0.248 e. The van der Waals surface area contributed by atoms with Crippen LogP contribution in [-0.2, 0) is 4.79 Å². The van der Waals surface area contributed by atoms with Gasteiger partial charge in [0.05, 0.1) is 17.8 Å². The number of hydrogen-bond donors (Lipinski definition) is 1. The molecule has 0 heterocycles. The van der Waals surface area contributed by atoms with Gasteiger partial charge in [0, 0.05) is 16.1 Å². The van der Waals surface area contributed by atoms with Crippen molar-refractivity contribution in [3.8, 4) is 5.75 Å². The predicted molar refractivity (Wildman–Crippen MR) is 99.3 cm³/mol. The Morgan fingerprint density at radius 1 is 1.26 bits per heavy atom.